The minimum atomic E-state index is -0.530. The highest BCUT2D eigenvalue weighted by Crippen LogP contribution is 2.13. The highest BCUT2D eigenvalue weighted by molar-refractivity contribution is 6.20. The Bertz CT molecular complexity index is 437. The number of benzene rings is 1. The second-order valence-corrected chi connectivity index (χ2v) is 4.52. The summed E-state index contributed by atoms with van der Waals surface area (Å²) in [5, 5.41) is 13.1. The molecular formula is C12H15ClN2O3. The van der Waals surface area contributed by atoms with Crippen molar-refractivity contribution in [1.29, 1.82) is 0 Å². The highest BCUT2D eigenvalue weighted by Gasteiger charge is 2.12. The Morgan fingerprint density at radius 1 is 1.56 bits per heavy atom. The predicted octanol–water partition coefficient (Wildman–Crippen LogP) is 2.73. The molecule has 0 aliphatic rings. The summed E-state index contributed by atoms with van der Waals surface area (Å²) in [6.45, 7) is 2.37. The summed E-state index contributed by atoms with van der Waals surface area (Å²) in [6.07, 6.45) is 1.76. The second-order valence-electron chi connectivity index (χ2n) is 3.90. The number of nitro groups is 1. The van der Waals surface area contributed by atoms with E-state index in [1.807, 2.05) is 6.92 Å². The first-order chi connectivity index (χ1) is 8.54. The molecular weight excluding hydrogens is 256 g/mol. The molecule has 0 saturated heterocycles. The van der Waals surface area contributed by atoms with Gasteiger partial charge < -0.3 is 5.32 Å². The van der Waals surface area contributed by atoms with E-state index in [2.05, 4.69) is 5.32 Å². The van der Waals surface area contributed by atoms with E-state index in [1.54, 1.807) is 0 Å². The molecule has 98 valence electrons. The van der Waals surface area contributed by atoms with Crippen LogP contribution in [-0.4, -0.2) is 22.8 Å². The maximum atomic E-state index is 11.7. The van der Waals surface area contributed by atoms with Gasteiger partial charge in [-0.05, 0) is 12.5 Å². The number of non-ortho nitro benzene ring substituents is 1. The molecule has 18 heavy (non-hydrogen) atoms. The predicted molar refractivity (Wildman–Crippen MR) is 70.0 cm³/mol. The Hall–Kier alpha value is -1.62. The summed E-state index contributed by atoms with van der Waals surface area (Å²) in [6, 6.07) is 5.61. The molecule has 1 amide bonds. The zero-order valence-corrected chi connectivity index (χ0v) is 10.8. The van der Waals surface area contributed by atoms with E-state index in [-0.39, 0.29) is 22.5 Å². The van der Waals surface area contributed by atoms with Crippen molar-refractivity contribution in [2.75, 3.05) is 6.54 Å². The monoisotopic (exact) mass is 270 g/mol. The molecule has 1 N–H and O–H groups in total. The van der Waals surface area contributed by atoms with Crippen LogP contribution in [0.3, 0.4) is 0 Å². The first-order valence-corrected chi connectivity index (χ1v) is 6.15. The van der Waals surface area contributed by atoms with Gasteiger partial charge in [-0.25, -0.2) is 0 Å². The molecule has 1 rings (SSSR count). The average Bonchev–Trinajstić information content (AvgIpc) is 2.36. The first-order valence-electron chi connectivity index (χ1n) is 5.71. The van der Waals surface area contributed by atoms with Crippen LogP contribution in [-0.2, 0) is 0 Å². The minimum Gasteiger partial charge on any atom is -0.351 e. The summed E-state index contributed by atoms with van der Waals surface area (Å²) in [5.41, 5.74) is 0.170. The largest absolute Gasteiger partial charge is 0.351 e. The third-order valence-corrected chi connectivity index (χ3v) is 2.78. The normalized spacial score (nSPS) is 11.9. The van der Waals surface area contributed by atoms with Crippen molar-refractivity contribution in [1.82, 2.24) is 5.32 Å². The summed E-state index contributed by atoms with van der Waals surface area (Å²) in [4.78, 5) is 21.8. The van der Waals surface area contributed by atoms with Crippen molar-refractivity contribution in [2.24, 2.45) is 0 Å². The molecule has 0 saturated carbocycles. The molecule has 0 aromatic heterocycles. The molecule has 0 spiro atoms. The third-order valence-electron chi connectivity index (χ3n) is 2.41. The molecule has 6 heteroatoms. The lowest BCUT2D eigenvalue weighted by atomic mass is 10.2. The topological polar surface area (TPSA) is 72.2 Å². The van der Waals surface area contributed by atoms with Crippen molar-refractivity contribution < 1.29 is 9.72 Å². The average molecular weight is 271 g/mol. The number of rotatable bonds is 6. The Morgan fingerprint density at radius 2 is 2.28 bits per heavy atom. The van der Waals surface area contributed by atoms with Gasteiger partial charge in [-0.3, -0.25) is 14.9 Å². The van der Waals surface area contributed by atoms with E-state index < -0.39 is 4.92 Å². The molecule has 0 aliphatic carbocycles. The summed E-state index contributed by atoms with van der Waals surface area (Å²) < 4.78 is 0. The van der Waals surface area contributed by atoms with Crippen molar-refractivity contribution in [2.45, 2.75) is 25.1 Å². The van der Waals surface area contributed by atoms with Gasteiger partial charge in [0.05, 0.1) is 10.3 Å². The van der Waals surface area contributed by atoms with Crippen LogP contribution in [0.5, 0.6) is 0 Å². The zero-order valence-electron chi connectivity index (χ0n) is 10.1. The standard InChI is InChI=1S/C12H15ClN2O3/c1-2-4-10(13)8-14-12(16)9-5-3-6-11(7-9)15(17)18/h3,5-7,10H,2,4,8H2,1H3,(H,14,16). The van der Waals surface area contributed by atoms with Crippen molar-refractivity contribution in [3.63, 3.8) is 0 Å². The lowest BCUT2D eigenvalue weighted by Crippen LogP contribution is -2.29. The molecule has 0 radical (unpaired) electrons. The lowest BCUT2D eigenvalue weighted by molar-refractivity contribution is -0.384. The molecule has 1 aromatic carbocycles. The van der Waals surface area contributed by atoms with Crippen LogP contribution in [0.15, 0.2) is 24.3 Å². The Labute approximate surface area is 110 Å². The number of hydrogen-bond donors (Lipinski definition) is 1. The van der Waals surface area contributed by atoms with Crippen molar-refractivity contribution in [3.8, 4) is 0 Å². The SMILES string of the molecule is CCCC(Cl)CNC(=O)c1cccc([N+](=O)[O-])c1. The molecule has 0 aliphatic heterocycles. The fourth-order valence-corrected chi connectivity index (χ4v) is 1.78. The smallest absolute Gasteiger partial charge is 0.270 e. The van der Waals surface area contributed by atoms with Gasteiger partial charge in [0.15, 0.2) is 0 Å². The van der Waals surface area contributed by atoms with Crippen molar-refractivity contribution >= 4 is 23.2 Å². The van der Waals surface area contributed by atoms with Crippen LogP contribution in [0.25, 0.3) is 0 Å². The van der Waals surface area contributed by atoms with E-state index in [9.17, 15) is 14.9 Å². The number of amides is 1. The van der Waals surface area contributed by atoms with Gasteiger partial charge in [-0.1, -0.05) is 19.4 Å². The first kappa shape index (κ1) is 14.4. The molecule has 5 nitrogen and oxygen atoms in total. The third kappa shape index (κ3) is 4.33. The molecule has 0 heterocycles. The van der Waals surface area contributed by atoms with E-state index in [1.165, 1.54) is 24.3 Å². The number of nitrogens with zero attached hydrogens (tertiary/aromatic N) is 1. The van der Waals surface area contributed by atoms with Crippen LogP contribution in [0.1, 0.15) is 30.1 Å². The Morgan fingerprint density at radius 3 is 2.89 bits per heavy atom. The summed E-state index contributed by atoms with van der Waals surface area (Å²) in [7, 11) is 0. The number of nitro benzene ring substituents is 1. The van der Waals surface area contributed by atoms with Crippen LogP contribution >= 0.6 is 11.6 Å². The lowest BCUT2D eigenvalue weighted by Gasteiger charge is -2.09. The van der Waals surface area contributed by atoms with Gasteiger partial charge in [0.25, 0.3) is 11.6 Å². The van der Waals surface area contributed by atoms with E-state index >= 15 is 0 Å². The molecule has 1 aromatic rings. The highest BCUT2D eigenvalue weighted by atomic mass is 35.5. The quantitative estimate of drug-likeness (QED) is 0.491. The van der Waals surface area contributed by atoms with Crippen LogP contribution in [0.4, 0.5) is 5.69 Å². The molecule has 1 atom stereocenters. The molecule has 0 bridgehead atoms. The maximum absolute atomic E-state index is 11.7. The number of carbonyl (C=O) groups is 1. The fraction of sp³-hybridized carbons (Fsp3) is 0.417. The van der Waals surface area contributed by atoms with Gasteiger partial charge in [0.1, 0.15) is 0 Å². The van der Waals surface area contributed by atoms with E-state index in [0.717, 1.165) is 12.8 Å². The van der Waals surface area contributed by atoms with Crippen LogP contribution in [0, 0.1) is 10.1 Å². The Balaban J connectivity index is 2.61. The van der Waals surface area contributed by atoms with Gasteiger partial charge in [-0.15, -0.1) is 11.6 Å². The van der Waals surface area contributed by atoms with Crippen LogP contribution < -0.4 is 5.32 Å². The maximum Gasteiger partial charge on any atom is 0.270 e. The van der Waals surface area contributed by atoms with Gasteiger partial charge in [0.2, 0.25) is 0 Å². The minimum absolute atomic E-state index is 0.0985. The molecule has 1 unspecified atom stereocenters. The van der Waals surface area contributed by atoms with E-state index in [4.69, 9.17) is 11.6 Å². The summed E-state index contributed by atoms with van der Waals surface area (Å²) >= 11 is 5.97. The molecule has 0 fully saturated rings. The van der Waals surface area contributed by atoms with E-state index in [0.29, 0.717) is 6.54 Å². The number of halogens is 1. The van der Waals surface area contributed by atoms with Crippen molar-refractivity contribution in [3.05, 3.63) is 39.9 Å². The Kier molecular flexibility index (Phi) is 5.58. The number of carbonyl (C=O) groups excluding carboxylic acids is 1. The fourth-order valence-electron chi connectivity index (χ4n) is 1.48. The number of nitrogens with one attached hydrogen (secondary N) is 1. The van der Waals surface area contributed by atoms with Gasteiger partial charge >= 0.3 is 0 Å². The number of hydrogen-bond acceptors (Lipinski definition) is 3. The van der Waals surface area contributed by atoms with Gasteiger partial charge in [0, 0.05) is 24.2 Å². The zero-order chi connectivity index (χ0) is 13.5. The summed E-state index contributed by atoms with van der Waals surface area (Å²) in [5.74, 6) is -0.347. The number of alkyl halides is 1. The second kappa shape index (κ2) is 6.96. The van der Waals surface area contributed by atoms with Gasteiger partial charge in [-0.2, -0.15) is 0 Å². The van der Waals surface area contributed by atoms with Crippen LogP contribution in [0.2, 0.25) is 0 Å².